The summed E-state index contributed by atoms with van der Waals surface area (Å²) in [7, 11) is 0. The van der Waals surface area contributed by atoms with E-state index in [0.717, 1.165) is 5.69 Å². The maximum Gasteiger partial charge on any atom is 0.328 e. The molecule has 1 atom stereocenters. The molecule has 4 rings (SSSR count). The molecule has 2 heterocycles. The number of carbonyl (C=O) groups excluding carboxylic acids is 3. The molecule has 0 aliphatic carbocycles. The van der Waals surface area contributed by atoms with Crippen LogP contribution < -0.4 is 15.5 Å². The van der Waals surface area contributed by atoms with Crippen molar-refractivity contribution < 1.29 is 19.3 Å². The average molecular weight is 380 g/mol. The van der Waals surface area contributed by atoms with Crippen molar-refractivity contribution in [2.75, 3.05) is 18.0 Å². The SMILES string of the molecule is O=C1NC(=O)C2(CN(c3ccccc3)CC2c2cccc([N+](=O)[O-])c2)C(=O)N1. The Morgan fingerprint density at radius 2 is 1.68 bits per heavy atom. The minimum atomic E-state index is -1.57. The zero-order valence-corrected chi connectivity index (χ0v) is 14.6. The van der Waals surface area contributed by atoms with Gasteiger partial charge in [-0.15, -0.1) is 0 Å². The van der Waals surface area contributed by atoms with Gasteiger partial charge in [-0.3, -0.25) is 30.3 Å². The zero-order valence-electron chi connectivity index (χ0n) is 14.6. The van der Waals surface area contributed by atoms with Gasteiger partial charge < -0.3 is 4.90 Å². The largest absolute Gasteiger partial charge is 0.369 e. The van der Waals surface area contributed by atoms with Gasteiger partial charge in [-0.2, -0.15) is 0 Å². The second-order valence-corrected chi connectivity index (χ2v) is 6.83. The summed E-state index contributed by atoms with van der Waals surface area (Å²) in [4.78, 5) is 49.9. The van der Waals surface area contributed by atoms with Gasteiger partial charge in [0, 0.05) is 36.8 Å². The Labute approximate surface area is 159 Å². The lowest BCUT2D eigenvalue weighted by molar-refractivity contribution is -0.384. The van der Waals surface area contributed by atoms with Crippen molar-refractivity contribution in [1.82, 2.24) is 10.6 Å². The summed E-state index contributed by atoms with van der Waals surface area (Å²) in [5.74, 6) is -2.06. The first kappa shape index (κ1) is 17.7. The quantitative estimate of drug-likeness (QED) is 0.473. The topological polar surface area (TPSA) is 122 Å². The number of non-ortho nitro benzene ring substituents is 1. The van der Waals surface area contributed by atoms with E-state index in [-0.39, 0.29) is 12.2 Å². The molecule has 4 amide bonds. The predicted octanol–water partition coefficient (Wildman–Crippen LogP) is 1.55. The molecule has 28 heavy (non-hydrogen) atoms. The van der Waals surface area contributed by atoms with Crippen LogP contribution in [0, 0.1) is 15.5 Å². The molecule has 2 aromatic rings. The summed E-state index contributed by atoms with van der Waals surface area (Å²) >= 11 is 0. The predicted molar refractivity (Wildman–Crippen MR) is 98.6 cm³/mol. The van der Waals surface area contributed by atoms with Crippen LogP contribution in [-0.4, -0.2) is 35.9 Å². The van der Waals surface area contributed by atoms with E-state index in [1.54, 1.807) is 6.07 Å². The molecule has 2 aliphatic heterocycles. The van der Waals surface area contributed by atoms with Crippen molar-refractivity contribution in [3.63, 3.8) is 0 Å². The summed E-state index contributed by atoms with van der Waals surface area (Å²) < 4.78 is 0. The van der Waals surface area contributed by atoms with Crippen LogP contribution in [0.3, 0.4) is 0 Å². The van der Waals surface area contributed by atoms with Crippen molar-refractivity contribution in [1.29, 1.82) is 0 Å². The number of amides is 4. The van der Waals surface area contributed by atoms with Crippen molar-refractivity contribution in [2.24, 2.45) is 5.41 Å². The van der Waals surface area contributed by atoms with Crippen LogP contribution in [-0.2, 0) is 9.59 Å². The van der Waals surface area contributed by atoms with E-state index in [1.807, 2.05) is 35.2 Å². The van der Waals surface area contributed by atoms with Crippen molar-refractivity contribution in [2.45, 2.75) is 5.92 Å². The maximum atomic E-state index is 12.9. The average Bonchev–Trinajstić information content (AvgIpc) is 3.09. The summed E-state index contributed by atoms with van der Waals surface area (Å²) in [6, 6.07) is 14.3. The van der Waals surface area contributed by atoms with E-state index in [0.29, 0.717) is 12.1 Å². The van der Waals surface area contributed by atoms with E-state index in [1.165, 1.54) is 18.2 Å². The number of anilines is 1. The fourth-order valence-corrected chi connectivity index (χ4v) is 3.96. The standard InChI is InChI=1S/C19H16N4O5/c24-16-19(17(25)21-18(26)20-16)11-22(13-6-2-1-3-7-13)10-15(19)12-5-4-8-14(9-12)23(27)28/h1-9,15H,10-11H2,(H2,20,21,24,25,26). The number of nitrogens with zero attached hydrogens (tertiary/aromatic N) is 2. The first-order valence-corrected chi connectivity index (χ1v) is 8.63. The number of carbonyl (C=O) groups is 3. The van der Waals surface area contributed by atoms with Gasteiger partial charge in [-0.1, -0.05) is 30.3 Å². The Balaban J connectivity index is 1.82. The lowest BCUT2D eigenvalue weighted by atomic mass is 9.72. The number of benzene rings is 2. The molecule has 0 bridgehead atoms. The Hall–Kier alpha value is -3.75. The molecular weight excluding hydrogens is 364 g/mol. The number of para-hydroxylation sites is 1. The minimum Gasteiger partial charge on any atom is -0.369 e. The lowest BCUT2D eigenvalue weighted by Gasteiger charge is -2.34. The second-order valence-electron chi connectivity index (χ2n) is 6.83. The number of hydrogen-bond donors (Lipinski definition) is 2. The number of nitrogens with one attached hydrogen (secondary N) is 2. The van der Waals surface area contributed by atoms with Crippen LogP contribution in [0.4, 0.5) is 16.2 Å². The molecule has 0 saturated carbocycles. The second kappa shape index (κ2) is 6.45. The third-order valence-corrected chi connectivity index (χ3v) is 5.31. The van der Waals surface area contributed by atoms with Gasteiger partial charge in [0.25, 0.3) is 5.69 Å². The third kappa shape index (κ3) is 2.68. The van der Waals surface area contributed by atoms with E-state index >= 15 is 0 Å². The molecule has 9 nitrogen and oxygen atoms in total. The van der Waals surface area contributed by atoms with Crippen LogP contribution in [0.1, 0.15) is 11.5 Å². The van der Waals surface area contributed by atoms with E-state index in [2.05, 4.69) is 10.6 Å². The highest BCUT2D eigenvalue weighted by Gasteiger charge is 2.60. The van der Waals surface area contributed by atoms with Crippen LogP contribution in [0.15, 0.2) is 54.6 Å². The number of urea groups is 1. The highest BCUT2D eigenvalue weighted by molar-refractivity contribution is 6.20. The minimum absolute atomic E-state index is 0.0509. The summed E-state index contributed by atoms with van der Waals surface area (Å²) in [5, 5.41) is 15.5. The molecule has 0 radical (unpaired) electrons. The molecule has 2 saturated heterocycles. The molecule has 0 aromatic heterocycles. The van der Waals surface area contributed by atoms with E-state index in [4.69, 9.17) is 0 Å². The first-order valence-electron chi connectivity index (χ1n) is 8.63. The molecule has 2 fully saturated rings. The molecular formula is C19H16N4O5. The van der Waals surface area contributed by atoms with Crippen molar-refractivity contribution in [3.8, 4) is 0 Å². The maximum absolute atomic E-state index is 12.9. The zero-order chi connectivity index (χ0) is 19.9. The number of imide groups is 2. The summed E-state index contributed by atoms with van der Waals surface area (Å²) in [6.45, 7) is 0.343. The molecule has 2 aromatic carbocycles. The normalized spacial score (nSPS) is 20.8. The number of rotatable bonds is 3. The fraction of sp³-hybridized carbons (Fsp3) is 0.211. The van der Waals surface area contributed by atoms with Crippen molar-refractivity contribution >= 4 is 29.2 Å². The first-order chi connectivity index (χ1) is 13.4. The monoisotopic (exact) mass is 380 g/mol. The van der Waals surface area contributed by atoms with Gasteiger partial charge >= 0.3 is 6.03 Å². The van der Waals surface area contributed by atoms with Gasteiger partial charge in [0.15, 0.2) is 5.41 Å². The molecule has 9 heteroatoms. The highest BCUT2D eigenvalue weighted by atomic mass is 16.6. The number of nitro groups is 1. The molecule has 1 unspecified atom stereocenters. The van der Waals surface area contributed by atoms with E-state index in [9.17, 15) is 24.5 Å². The number of hydrogen-bond acceptors (Lipinski definition) is 6. The van der Waals surface area contributed by atoms with Gasteiger partial charge in [0.05, 0.1) is 4.92 Å². The Kier molecular flexibility index (Phi) is 4.07. The van der Waals surface area contributed by atoms with Gasteiger partial charge in [0.1, 0.15) is 0 Å². The van der Waals surface area contributed by atoms with E-state index < -0.39 is 34.1 Å². The third-order valence-electron chi connectivity index (χ3n) is 5.31. The van der Waals surface area contributed by atoms with Crippen LogP contribution in [0.2, 0.25) is 0 Å². The molecule has 2 N–H and O–H groups in total. The van der Waals surface area contributed by atoms with Crippen LogP contribution in [0.5, 0.6) is 0 Å². The van der Waals surface area contributed by atoms with Gasteiger partial charge in [-0.25, -0.2) is 4.79 Å². The molecule has 142 valence electrons. The van der Waals surface area contributed by atoms with Crippen LogP contribution in [0.25, 0.3) is 0 Å². The number of nitro benzene ring substituents is 1. The Morgan fingerprint density at radius 3 is 2.32 bits per heavy atom. The Morgan fingerprint density at radius 1 is 1.00 bits per heavy atom. The highest BCUT2D eigenvalue weighted by Crippen LogP contribution is 2.46. The number of barbiturate groups is 1. The van der Waals surface area contributed by atoms with Gasteiger partial charge in [-0.05, 0) is 17.7 Å². The summed E-state index contributed by atoms with van der Waals surface area (Å²) in [6.07, 6.45) is 0. The fourth-order valence-electron chi connectivity index (χ4n) is 3.96. The Bertz CT molecular complexity index is 971. The molecule has 1 spiro atoms. The van der Waals surface area contributed by atoms with Crippen molar-refractivity contribution in [3.05, 3.63) is 70.3 Å². The smallest absolute Gasteiger partial charge is 0.328 e. The van der Waals surface area contributed by atoms with Gasteiger partial charge in [0.2, 0.25) is 11.8 Å². The van der Waals surface area contributed by atoms with Crippen LogP contribution >= 0.6 is 0 Å². The molecule has 2 aliphatic rings. The summed E-state index contributed by atoms with van der Waals surface area (Å²) in [5.41, 5.74) is -0.392. The lowest BCUT2D eigenvalue weighted by Crippen LogP contribution is -2.64.